The second kappa shape index (κ2) is 6.01. The molecule has 0 bridgehead atoms. The third kappa shape index (κ3) is 3.10. The fraction of sp³-hybridized carbons (Fsp3) is 0.286. The van der Waals surface area contributed by atoms with E-state index in [1.54, 1.807) is 11.0 Å². The molecule has 0 aromatic heterocycles. The Hall–Kier alpha value is -1.35. The van der Waals surface area contributed by atoms with E-state index in [0.717, 1.165) is 35.1 Å². The molecule has 0 N–H and O–H groups in total. The molecule has 2 rings (SSSR count). The normalized spacial score (nSPS) is 15.6. The summed E-state index contributed by atoms with van der Waals surface area (Å²) in [6, 6.07) is 9.76. The van der Waals surface area contributed by atoms with Crippen molar-refractivity contribution in [3.8, 4) is 6.07 Å². The molecule has 18 heavy (non-hydrogen) atoms. The standard InChI is InChI=1S/C14H13IN2O/c15-13-5-3-11(4-6-13)9-12(10-16)14(18)17-7-1-2-8-17/h3-6,9H,1-2,7-8H2/b12-9+. The van der Waals surface area contributed by atoms with E-state index in [4.69, 9.17) is 5.26 Å². The van der Waals surface area contributed by atoms with Crippen LogP contribution in [-0.4, -0.2) is 23.9 Å². The van der Waals surface area contributed by atoms with Gasteiger partial charge in [0.15, 0.2) is 0 Å². The van der Waals surface area contributed by atoms with Crippen molar-refractivity contribution in [3.05, 3.63) is 39.0 Å². The van der Waals surface area contributed by atoms with Crippen LogP contribution in [0.3, 0.4) is 0 Å². The fourth-order valence-corrected chi connectivity index (χ4v) is 2.32. The number of carbonyl (C=O) groups is 1. The van der Waals surface area contributed by atoms with Gasteiger partial charge in [-0.25, -0.2) is 0 Å². The van der Waals surface area contributed by atoms with E-state index in [1.807, 2.05) is 30.3 Å². The molecular weight excluding hydrogens is 339 g/mol. The number of hydrogen-bond donors (Lipinski definition) is 0. The Morgan fingerprint density at radius 3 is 2.44 bits per heavy atom. The van der Waals surface area contributed by atoms with Gasteiger partial charge in [-0.3, -0.25) is 4.79 Å². The zero-order valence-electron chi connectivity index (χ0n) is 9.90. The van der Waals surface area contributed by atoms with Crippen LogP contribution in [0.4, 0.5) is 0 Å². The minimum Gasteiger partial charge on any atom is -0.338 e. The molecule has 92 valence electrons. The lowest BCUT2D eigenvalue weighted by atomic mass is 10.1. The fourth-order valence-electron chi connectivity index (χ4n) is 1.96. The van der Waals surface area contributed by atoms with Gasteiger partial charge in [0.2, 0.25) is 0 Å². The van der Waals surface area contributed by atoms with Gasteiger partial charge in [-0.1, -0.05) is 12.1 Å². The van der Waals surface area contributed by atoms with Crippen LogP contribution in [-0.2, 0) is 4.79 Å². The molecule has 1 amide bonds. The van der Waals surface area contributed by atoms with Crippen LogP contribution in [0.15, 0.2) is 29.8 Å². The molecule has 1 saturated heterocycles. The summed E-state index contributed by atoms with van der Waals surface area (Å²) in [4.78, 5) is 13.8. The average Bonchev–Trinajstić information content (AvgIpc) is 2.91. The number of hydrogen-bond acceptors (Lipinski definition) is 2. The lowest BCUT2D eigenvalue weighted by molar-refractivity contribution is -0.125. The lowest BCUT2D eigenvalue weighted by Gasteiger charge is -2.13. The maximum absolute atomic E-state index is 12.1. The van der Waals surface area contributed by atoms with Gasteiger partial charge in [-0.2, -0.15) is 5.26 Å². The number of nitrogens with zero attached hydrogens (tertiary/aromatic N) is 2. The predicted molar refractivity (Wildman–Crippen MR) is 78.6 cm³/mol. The van der Waals surface area contributed by atoms with E-state index >= 15 is 0 Å². The Kier molecular flexibility index (Phi) is 4.37. The number of rotatable bonds is 2. The van der Waals surface area contributed by atoms with E-state index in [1.165, 1.54) is 0 Å². The Morgan fingerprint density at radius 2 is 1.89 bits per heavy atom. The van der Waals surface area contributed by atoms with Gasteiger partial charge in [0.1, 0.15) is 11.6 Å². The number of likely N-dealkylation sites (tertiary alicyclic amines) is 1. The molecular formula is C14H13IN2O. The highest BCUT2D eigenvalue weighted by Crippen LogP contribution is 2.15. The Morgan fingerprint density at radius 1 is 1.28 bits per heavy atom. The van der Waals surface area contributed by atoms with Crippen molar-refractivity contribution in [1.82, 2.24) is 4.90 Å². The SMILES string of the molecule is N#C/C(=C\c1ccc(I)cc1)C(=O)N1CCCC1. The van der Waals surface area contributed by atoms with E-state index in [0.29, 0.717) is 0 Å². The third-order valence-electron chi connectivity index (χ3n) is 2.93. The molecule has 4 heteroatoms. The Bertz CT molecular complexity index is 508. The highest BCUT2D eigenvalue weighted by molar-refractivity contribution is 14.1. The number of halogens is 1. The van der Waals surface area contributed by atoms with Crippen LogP contribution in [0.25, 0.3) is 6.08 Å². The van der Waals surface area contributed by atoms with Gasteiger partial charge in [-0.05, 0) is 59.2 Å². The quantitative estimate of drug-likeness (QED) is 0.467. The van der Waals surface area contributed by atoms with Crippen LogP contribution in [0.2, 0.25) is 0 Å². The summed E-state index contributed by atoms with van der Waals surface area (Å²) in [6.07, 6.45) is 3.73. The highest BCUT2D eigenvalue weighted by atomic mass is 127. The maximum Gasteiger partial charge on any atom is 0.264 e. The summed E-state index contributed by atoms with van der Waals surface area (Å²) >= 11 is 2.22. The molecule has 0 saturated carbocycles. The second-order valence-corrected chi connectivity index (χ2v) is 5.47. The molecule has 3 nitrogen and oxygen atoms in total. The van der Waals surface area contributed by atoms with Crippen molar-refractivity contribution in [2.24, 2.45) is 0 Å². The van der Waals surface area contributed by atoms with Crippen LogP contribution in [0.1, 0.15) is 18.4 Å². The molecule has 1 fully saturated rings. The van der Waals surface area contributed by atoms with Crippen molar-refractivity contribution in [2.45, 2.75) is 12.8 Å². The van der Waals surface area contributed by atoms with Crippen LogP contribution >= 0.6 is 22.6 Å². The maximum atomic E-state index is 12.1. The highest BCUT2D eigenvalue weighted by Gasteiger charge is 2.21. The molecule has 0 atom stereocenters. The van der Waals surface area contributed by atoms with Crippen molar-refractivity contribution in [1.29, 1.82) is 5.26 Å². The molecule has 0 unspecified atom stereocenters. The number of benzene rings is 1. The molecule has 0 radical (unpaired) electrons. The average molecular weight is 352 g/mol. The Balaban J connectivity index is 2.20. The van der Waals surface area contributed by atoms with Crippen molar-refractivity contribution < 1.29 is 4.79 Å². The van der Waals surface area contributed by atoms with Crippen molar-refractivity contribution in [3.63, 3.8) is 0 Å². The summed E-state index contributed by atoms with van der Waals surface area (Å²) in [5.41, 5.74) is 1.11. The minimum absolute atomic E-state index is 0.145. The third-order valence-corrected chi connectivity index (χ3v) is 3.64. The van der Waals surface area contributed by atoms with E-state index in [-0.39, 0.29) is 11.5 Å². The van der Waals surface area contributed by atoms with Crippen LogP contribution in [0, 0.1) is 14.9 Å². The first kappa shape index (κ1) is 13.1. The van der Waals surface area contributed by atoms with E-state index in [9.17, 15) is 4.79 Å². The Labute approximate surface area is 120 Å². The summed E-state index contributed by atoms with van der Waals surface area (Å²) in [7, 11) is 0. The largest absolute Gasteiger partial charge is 0.338 e. The molecule has 0 aliphatic carbocycles. The molecule has 1 aromatic rings. The van der Waals surface area contributed by atoms with E-state index < -0.39 is 0 Å². The smallest absolute Gasteiger partial charge is 0.264 e. The zero-order valence-corrected chi connectivity index (χ0v) is 12.1. The summed E-state index contributed by atoms with van der Waals surface area (Å²) in [5.74, 6) is -0.145. The van der Waals surface area contributed by atoms with Gasteiger partial charge >= 0.3 is 0 Å². The van der Waals surface area contributed by atoms with Crippen LogP contribution in [0.5, 0.6) is 0 Å². The second-order valence-electron chi connectivity index (χ2n) is 4.22. The molecule has 1 aromatic carbocycles. The first-order chi connectivity index (χ1) is 8.70. The van der Waals surface area contributed by atoms with Gasteiger partial charge in [-0.15, -0.1) is 0 Å². The predicted octanol–water partition coefficient (Wildman–Crippen LogP) is 2.82. The molecule has 0 spiro atoms. The van der Waals surface area contributed by atoms with E-state index in [2.05, 4.69) is 22.6 Å². The van der Waals surface area contributed by atoms with Crippen molar-refractivity contribution in [2.75, 3.05) is 13.1 Å². The first-order valence-corrected chi connectivity index (χ1v) is 6.95. The number of amides is 1. The molecule has 1 aliphatic heterocycles. The van der Waals surface area contributed by atoms with Gasteiger partial charge < -0.3 is 4.90 Å². The summed E-state index contributed by atoms with van der Waals surface area (Å²) in [5, 5.41) is 9.11. The minimum atomic E-state index is -0.145. The van der Waals surface area contributed by atoms with Crippen molar-refractivity contribution >= 4 is 34.6 Å². The monoisotopic (exact) mass is 352 g/mol. The van der Waals surface area contributed by atoms with Gasteiger partial charge in [0.05, 0.1) is 0 Å². The van der Waals surface area contributed by atoms with Crippen LogP contribution < -0.4 is 0 Å². The topological polar surface area (TPSA) is 44.1 Å². The zero-order chi connectivity index (χ0) is 13.0. The van der Waals surface area contributed by atoms with Gasteiger partial charge in [0, 0.05) is 16.7 Å². The molecule has 1 aliphatic rings. The molecule has 1 heterocycles. The number of carbonyl (C=O) groups excluding carboxylic acids is 1. The summed E-state index contributed by atoms with van der Waals surface area (Å²) in [6.45, 7) is 1.54. The summed E-state index contributed by atoms with van der Waals surface area (Å²) < 4.78 is 1.13. The lowest BCUT2D eigenvalue weighted by Crippen LogP contribution is -2.28. The first-order valence-electron chi connectivity index (χ1n) is 5.87. The van der Waals surface area contributed by atoms with Gasteiger partial charge in [0.25, 0.3) is 5.91 Å². The number of nitriles is 1.